The van der Waals surface area contributed by atoms with Crippen LogP contribution >= 0.6 is 0 Å². The molecule has 21 heavy (non-hydrogen) atoms. The Morgan fingerprint density at radius 3 is 2.95 bits per heavy atom. The van der Waals surface area contributed by atoms with E-state index in [1.807, 2.05) is 12.1 Å². The predicted molar refractivity (Wildman–Crippen MR) is 80.7 cm³/mol. The standard InChI is InChI=1S/C17H23NO3/c1-20-15-7-6-14-8-12(11-21-16(14)9-15)10-18-17(19)13-4-2-3-5-13/h6-7,9,12-13H,2-5,8,10-11H2,1H3,(H,18,19). The number of benzene rings is 1. The molecule has 4 nitrogen and oxygen atoms in total. The van der Waals surface area contributed by atoms with Crippen molar-refractivity contribution in [2.24, 2.45) is 11.8 Å². The van der Waals surface area contributed by atoms with Gasteiger partial charge in [0.25, 0.3) is 0 Å². The molecule has 0 aromatic heterocycles. The van der Waals surface area contributed by atoms with Gasteiger partial charge in [-0.1, -0.05) is 18.9 Å². The van der Waals surface area contributed by atoms with Crippen molar-refractivity contribution in [1.29, 1.82) is 0 Å². The Morgan fingerprint density at radius 1 is 1.38 bits per heavy atom. The van der Waals surface area contributed by atoms with E-state index in [-0.39, 0.29) is 11.8 Å². The number of nitrogens with one attached hydrogen (secondary N) is 1. The van der Waals surface area contributed by atoms with E-state index in [0.29, 0.717) is 19.1 Å². The Labute approximate surface area is 125 Å². The molecule has 1 unspecified atom stereocenters. The maximum atomic E-state index is 12.0. The second kappa shape index (κ2) is 6.37. The van der Waals surface area contributed by atoms with Crippen LogP contribution in [0.4, 0.5) is 0 Å². The molecule has 1 amide bonds. The van der Waals surface area contributed by atoms with Gasteiger partial charge in [-0.05, 0) is 30.9 Å². The van der Waals surface area contributed by atoms with Crippen LogP contribution in [-0.4, -0.2) is 26.2 Å². The summed E-state index contributed by atoms with van der Waals surface area (Å²) >= 11 is 0. The van der Waals surface area contributed by atoms with Gasteiger partial charge in [0.05, 0.1) is 13.7 Å². The Hall–Kier alpha value is -1.71. The molecule has 1 fully saturated rings. The van der Waals surface area contributed by atoms with Crippen LogP contribution in [0.5, 0.6) is 11.5 Å². The minimum absolute atomic E-state index is 0.230. The second-order valence-electron chi connectivity index (χ2n) is 6.08. The molecule has 114 valence electrons. The molecule has 0 saturated heterocycles. The van der Waals surface area contributed by atoms with Gasteiger partial charge in [0, 0.05) is 24.4 Å². The number of hydrogen-bond acceptors (Lipinski definition) is 3. The summed E-state index contributed by atoms with van der Waals surface area (Å²) in [6.07, 6.45) is 5.44. The summed E-state index contributed by atoms with van der Waals surface area (Å²) in [7, 11) is 1.66. The Morgan fingerprint density at radius 2 is 2.19 bits per heavy atom. The van der Waals surface area contributed by atoms with Crippen molar-refractivity contribution in [3.63, 3.8) is 0 Å². The summed E-state index contributed by atoms with van der Waals surface area (Å²) in [5.41, 5.74) is 1.20. The fourth-order valence-electron chi connectivity index (χ4n) is 3.25. The summed E-state index contributed by atoms with van der Waals surface area (Å²) in [5, 5.41) is 3.10. The molecule has 3 rings (SSSR count). The topological polar surface area (TPSA) is 47.6 Å². The number of hydrogen-bond donors (Lipinski definition) is 1. The Bertz CT molecular complexity index is 509. The number of carbonyl (C=O) groups is 1. The monoisotopic (exact) mass is 289 g/mol. The fourth-order valence-corrected chi connectivity index (χ4v) is 3.25. The zero-order chi connectivity index (χ0) is 14.7. The van der Waals surface area contributed by atoms with Gasteiger partial charge in [-0.15, -0.1) is 0 Å². The van der Waals surface area contributed by atoms with Gasteiger partial charge in [-0.25, -0.2) is 0 Å². The number of amides is 1. The third kappa shape index (κ3) is 3.31. The highest BCUT2D eigenvalue weighted by Gasteiger charge is 2.25. The van der Waals surface area contributed by atoms with Gasteiger partial charge in [0.15, 0.2) is 0 Å². The minimum Gasteiger partial charge on any atom is -0.497 e. The molecule has 0 bridgehead atoms. The molecular weight excluding hydrogens is 266 g/mol. The minimum atomic E-state index is 0.230. The zero-order valence-electron chi connectivity index (χ0n) is 12.6. The molecule has 1 aromatic carbocycles. The van der Waals surface area contributed by atoms with Crippen LogP contribution in [-0.2, 0) is 11.2 Å². The summed E-state index contributed by atoms with van der Waals surface area (Å²) in [6, 6.07) is 5.95. The fraction of sp³-hybridized carbons (Fsp3) is 0.588. The van der Waals surface area contributed by atoms with E-state index in [1.165, 1.54) is 18.4 Å². The van der Waals surface area contributed by atoms with Crippen molar-refractivity contribution in [3.8, 4) is 11.5 Å². The highest BCUT2D eigenvalue weighted by atomic mass is 16.5. The molecule has 4 heteroatoms. The van der Waals surface area contributed by atoms with E-state index in [2.05, 4.69) is 11.4 Å². The molecule has 1 aromatic rings. The molecule has 0 spiro atoms. The quantitative estimate of drug-likeness (QED) is 0.926. The summed E-state index contributed by atoms with van der Waals surface area (Å²) in [5.74, 6) is 2.56. The van der Waals surface area contributed by atoms with E-state index in [9.17, 15) is 4.79 Å². The van der Waals surface area contributed by atoms with Crippen LogP contribution in [0.15, 0.2) is 18.2 Å². The molecule has 2 aliphatic rings. The van der Waals surface area contributed by atoms with Crippen molar-refractivity contribution < 1.29 is 14.3 Å². The van der Waals surface area contributed by atoms with Gasteiger partial charge in [-0.2, -0.15) is 0 Å². The van der Waals surface area contributed by atoms with Gasteiger partial charge >= 0.3 is 0 Å². The lowest BCUT2D eigenvalue weighted by atomic mass is 9.96. The van der Waals surface area contributed by atoms with Gasteiger partial charge < -0.3 is 14.8 Å². The number of rotatable bonds is 4. The van der Waals surface area contributed by atoms with E-state index in [4.69, 9.17) is 9.47 Å². The van der Waals surface area contributed by atoms with Crippen LogP contribution in [0.25, 0.3) is 0 Å². The maximum absolute atomic E-state index is 12.0. The van der Waals surface area contributed by atoms with Crippen molar-refractivity contribution >= 4 is 5.91 Å². The summed E-state index contributed by atoms with van der Waals surface area (Å²) < 4.78 is 11.0. The molecule has 1 heterocycles. The van der Waals surface area contributed by atoms with Gasteiger partial charge in [0.1, 0.15) is 11.5 Å². The van der Waals surface area contributed by atoms with E-state index >= 15 is 0 Å². The summed E-state index contributed by atoms with van der Waals surface area (Å²) in [4.78, 5) is 12.0. The van der Waals surface area contributed by atoms with Crippen LogP contribution < -0.4 is 14.8 Å². The Balaban J connectivity index is 1.53. The third-order valence-corrected chi connectivity index (χ3v) is 4.55. The molecule has 1 N–H and O–H groups in total. The average molecular weight is 289 g/mol. The largest absolute Gasteiger partial charge is 0.497 e. The molecule has 1 atom stereocenters. The number of carbonyl (C=O) groups excluding carboxylic acids is 1. The van der Waals surface area contributed by atoms with Crippen LogP contribution in [0.3, 0.4) is 0 Å². The van der Waals surface area contributed by atoms with E-state index < -0.39 is 0 Å². The number of ether oxygens (including phenoxy) is 2. The van der Waals surface area contributed by atoms with E-state index in [0.717, 1.165) is 30.8 Å². The first kappa shape index (κ1) is 14.2. The number of fused-ring (bicyclic) bond motifs is 1. The molecular formula is C17H23NO3. The lowest BCUT2D eigenvalue weighted by Crippen LogP contribution is -2.37. The number of methoxy groups -OCH3 is 1. The average Bonchev–Trinajstić information content (AvgIpc) is 3.06. The first-order chi connectivity index (χ1) is 10.3. The maximum Gasteiger partial charge on any atom is 0.223 e. The summed E-state index contributed by atoms with van der Waals surface area (Å²) in [6.45, 7) is 1.37. The molecule has 1 aliphatic carbocycles. The first-order valence-corrected chi connectivity index (χ1v) is 7.83. The van der Waals surface area contributed by atoms with Crippen LogP contribution in [0.2, 0.25) is 0 Å². The lowest BCUT2D eigenvalue weighted by Gasteiger charge is -2.26. The molecule has 0 radical (unpaired) electrons. The van der Waals surface area contributed by atoms with Crippen LogP contribution in [0, 0.1) is 11.8 Å². The van der Waals surface area contributed by atoms with Crippen molar-refractivity contribution in [2.75, 3.05) is 20.3 Å². The van der Waals surface area contributed by atoms with Crippen molar-refractivity contribution in [1.82, 2.24) is 5.32 Å². The van der Waals surface area contributed by atoms with Gasteiger partial charge in [0.2, 0.25) is 5.91 Å². The Kier molecular flexibility index (Phi) is 4.32. The molecule has 1 aliphatic heterocycles. The highest BCUT2D eigenvalue weighted by molar-refractivity contribution is 5.78. The van der Waals surface area contributed by atoms with Crippen molar-refractivity contribution in [3.05, 3.63) is 23.8 Å². The van der Waals surface area contributed by atoms with Crippen molar-refractivity contribution in [2.45, 2.75) is 32.1 Å². The van der Waals surface area contributed by atoms with Crippen LogP contribution in [0.1, 0.15) is 31.2 Å². The smallest absolute Gasteiger partial charge is 0.223 e. The van der Waals surface area contributed by atoms with E-state index in [1.54, 1.807) is 7.11 Å². The first-order valence-electron chi connectivity index (χ1n) is 7.83. The van der Waals surface area contributed by atoms with Gasteiger partial charge in [-0.3, -0.25) is 4.79 Å². The highest BCUT2D eigenvalue weighted by Crippen LogP contribution is 2.31. The second-order valence-corrected chi connectivity index (χ2v) is 6.08. The SMILES string of the molecule is COc1ccc2c(c1)OCC(CNC(=O)C1CCCC1)C2. The zero-order valence-corrected chi connectivity index (χ0v) is 12.6. The third-order valence-electron chi connectivity index (χ3n) is 4.55. The molecule has 1 saturated carbocycles. The predicted octanol–water partition coefficient (Wildman–Crippen LogP) is 2.55. The lowest BCUT2D eigenvalue weighted by molar-refractivity contribution is -0.125. The normalized spacial score (nSPS) is 21.5.